The van der Waals surface area contributed by atoms with Gasteiger partial charge in [-0.1, -0.05) is 0 Å². The van der Waals surface area contributed by atoms with Gasteiger partial charge in [-0.05, 0) is 24.3 Å². The van der Waals surface area contributed by atoms with E-state index in [9.17, 15) is 17.2 Å². The number of rotatable bonds is 8. The smallest absolute Gasteiger partial charge is 0.387 e. The van der Waals surface area contributed by atoms with E-state index in [4.69, 9.17) is 5.73 Å². The van der Waals surface area contributed by atoms with Crippen molar-refractivity contribution in [3.63, 3.8) is 0 Å². The molecule has 128 valence electrons. The van der Waals surface area contributed by atoms with Crippen molar-refractivity contribution in [1.82, 2.24) is 4.90 Å². The quantitative estimate of drug-likeness (QED) is 0.762. The van der Waals surface area contributed by atoms with E-state index in [0.29, 0.717) is 13.2 Å². The lowest BCUT2D eigenvalue weighted by molar-refractivity contribution is -0.0498. The zero-order chi connectivity index (χ0) is 16.9. The first kappa shape index (κ1) is 17.5. The van der Waals surface area contributed by atoms with Gasteiger partial charge in [0.15, 0.2) is 9.84 Å². The van der Waals surface area contributed by atoms with Gasteiger partial charge in [0.25, 0.3) is 0 Å². The van der Waals surface area contributed by atoms with E-state index in [2.05, 4.69) is 4.74 Å². The fraction of sp³-hybridized carbons (Fsp3) is 0.429. The molecular weight excluding hydrogens is 328 g/mol. The molecule has 1 aromatic carbocycles. The molecular formula is C14H19F2N3O3S. The molecule has 0 radical (unpaired) electrons. The lowest BCUT2D eigenvalue weighted by atomic mass is 10.3. The van der Waals surface area contributed by atoms with Crippen LogP contribution in [-0.2, 0) is 9.84 Å². The van der Waals surface area contributed by atoms with Crippen molar-refractivity contribution in [2.75, 3.05) is 36.2 Å². The maximum absolute atomic E-state index is 12.1. The Hall–Kier alpha value is -1.87. The third kappa shape index (κ3) is 5.36. The molecule has 0 bridgehead atoms. The molecule has 1 aromatic rings. The van der Waals surface area contributed by atoms with Crippen LogP contribution in [0.15, 0.2) is 36.7 Å². The zero-order valence-corrected chi connectivity index (χ0v) is 13.3. The van der Waals surface area contributed by atoms with Gasteiger partial charge in [0.2, 0.25) is 0 Å². The Kier molecular flexibility index (Phi) is 5.78. The van der Waals surface area contributed by atoms with Crippen molar-refractivity contribution in [1.29, 1.82) is 0 Å². The second-order valence-corrected chi connectivity index (χ2v) is 7.34. The number of alkyl halides is 2. The van der Waals surface area contributed by atoms with Crippen LogP contribution in [0.4, 0.5) is 14.5 Å². The van der Waals surface area contributed by atoms with Gasteiger partial charge in [-0.2, -0.15) is 8.78 Å². The highest BCUT2D eigenvalue weighted by Gasteiger charge is 2.17. The van der Waals surface area contributed by atoms with Crippen molar-refractivity contribution in [2.45, 2.75) is 6.61 Å². The molecule has 0 unspecified atom stereocenters. The highest BCUT2D eigenvalue weighted by molar-refractivity contribution is 7.91. The number of benzene rings is 1. The average Bonchev–Trinajstić information content (AvgIpc) is 2.94. The van der Waals surface area contributed by atoms with E-state index >= 15 is 0 Å². The third-order valence-corrected chi connectivity index (χ3v) is 4.97. The lowest BCUT2D eigenvalue weighted by Gasteiger charge is -2.21. The molecule has 6 nitrogen and oxygen atoms in total. The van der Waals surface area contributed by atoms with Crippen LogP contribution < -0.4 is 15.4 Å². The molecule has 23 heavy (non-hydrogen) atoms. The van der Waals surface area contributed by atoms with E-state index < -0.39 is 16.4 Å². The Balaban J connectivity index is 1.87. The Labute approximate surface area is 134 Å². The molecule has 0 spiro atoms. The molecule has 2 N–H and O–H groups in total. The number of hydrogen-bond acceptors (Lipinski definition) is 6. The van der Waals surface area contributed by atoms with Crippen molar-refractivity contribution < 1.29 is 21.9 Å². The van der Waals surface area contributed by atoms with Crippen molar-refractivity contribution in [2.24, 2.45) is 5.73 Å². The molecule has 1 aliphatic heterocycles. The second kappa shape index (κ2) is 7.60. The molecule has 0 saturated heterocycles. The van der Waals surface area contributed by atoms with Gasteiger partial charge in [0, 0.05) is 31.2 Å². The molecule has 0 saturated carbocycles. The predicted molar refractivity (Wildman–Crippen MR) is 84.0 cm³/mol. The average molecular weight is 347 g/mol. The van der Waals surface area contributed by atoms with Gasteiger partial charge < -0.3 is 20.3 Å². The summed E-state index contributed by atoms with van der Waals surface area (Å²) in [6.45, 7) is -1.86. The first-order valence-corrected chi connectivity index (χ1v) is 8.86. The molecule has 0 aliphatic carbocycles. The maximum Gasteiger partial charge on any atom is 0.387 e. The summed E-state index contributed by atoms with van der Waals surface area (Å²) in [6, 6.07) is 6.25. The van der Waals surface area contributed by atoms with Crippen molar-refractivity contribution >= 4 is 15.5 Å². The molecule has 0 fully saturated rings. The Morgan fingerprint density at radius 2 is 1.87 bits per heavy atom. The number of sulfone groups is 1. The van der Waals surface area contributed by atoms with Gasteiger partial charge in [0.05, 0.1) is 18.2 Å². The summed E-state index contributed by atoms with van der Waals surface area (Å²) in [5, 5.41) is 0. The fourth-order valence-electron chi connectivity index (χ4n) is 2.13. The van der Waals surface area contributed by atoms with Crippen LogP contribution in [0.25, 0.3) is 0 Å². The molecule has 0 aromatic heterocycles. The standard InChI is InChI=1S/C14H19F2N3O3S/c15-14(16)22-13-3-1-12(2-4-13)19-7-6-18(11-19)8-10-23(20,21)9-5-17/h1-4,6-7,14H,5,8-11,17H2. The summed E-state index contributed by atoms with van der Waals surface area (Å²) < 4.78 is 51.8. The summed E-state index contributed by atoms with van der Waals surface area (Å²) in [7, 11) is -3.13. The summed E-state index contributed by atoms with van der Waals surface area (Å²) >= 11 is 0. The van der Waals surface area contributed by atoms with Crippen LogP contribution in [0.3, 0.4) is 0 Å². The van der Waals surface area contributed by atoms with Gasteiger partial charge in [0.1, 0.15) is 5.75 Å². The minimum atomic E-state index is -3.13. The number of halogens is 2. The molecule has 0 atom stereocenters. The minimum Gasteiger partial charge on any atom is -0.435 e. The molecule has 9 heteroatoms. The molecule has 1 heterocycles. The third-order valence-electron chi connectivity index (χ3n) is 3.30. The Bertz CT molecular complexity index is 635. The van der Waals surface area contributed by atoms with Gasteiger partial charge in [-0.25, -0.2) is 8.42 Å². The Morgan fingerprint density at radius 3 is 2.48 bits per heavy atom. The van der Waals surface area contributed by atoms with Crippen LogP contribution >= 0.6 is 0 Å². The van der Waals surface area contributed by atoms with Gasteiger partial charge in [-0.3, -0.25) is 0 Å². The van der Waals surface area contributed by atoms with E-state index in [0.717, 1.165) is 5.69 Å². The van der Waals surface area contributed by atoms with Crippen LogP contribution in [-0.4, -0.2) is 51.2 Å². The van der Waals surface area contributed by atoms with E-state index in [-0.39, 0.29) is 23.8 Å². The van der Waals surface area contributed by atoms with Crippen molar-refractivity contribution in [3.8, 4) is 5.75 Å². The SMILES string of the molecule is NCCS(=O)(=O)CCN1C=CN(c2ccc(OC(F)F)cc2)C1. The summed E-state index contributed by atoms with van der Waals surface area (Å²) in [4.78, 5) is 3.74. The lowest BCUT2D eigenvalue weighted by Crippen LogP contribution is -2.30. The van der Waals surface area contributed by atoms with Crippen molar-refractivity contribution in [3.05, 3.63) is 36.7 Å². The highest BCUT2D eigenvalue weighted by atomic mass is 32.2. The van der Waals surface area contributed by atoms with E-state index in [1.165, 1.54) is 12.1 Å². The van der Waals surface area contributed by atoms with E-state index in [1.807, 2.05) is 9.80 Å². The fourth-order valence-corrected chi connectivity index (χ4v) is 3.21. The number of nitrogens with zero attached hydrogens (tertiary/aromatic N) is 2. The van der Waals surface area contributed by atoms with Crippen LogP contribution in [0.1, 0.15) is 0 Å². The number of anilines is 1. The normalized spacial score (nSPS) is 14.8. The number of ether oxygens (including phenoxy) is 1. The first-order valence-electron chi connectivity index (χ1n) is 7.04. The molecule has 0 amide bonds. The predicted octanol–water partition coefficient (Wildman–Crippen LogP) is 1.21. The summed E-state index contributed by atoms with van der Waals surface area (Å²) in [5.41, 5.74) is 6.07. The summed E-state index contributed by atoms with van der Waals surface area (Å²) in [5.74, 6) is 0.125. The largest absolute Gasteiger partial charge is 0.435 e. The first-order chi connectivity index (χ1) is 10.9. The summed E-state index contributed by atoms with van der Waals surface area (Å²) in [6.07, 6.45) is 3.60. The zero-order valence-electron chi connectivity index (χ0n) is 12.4. The second-order valence-electron chi connectivity index (χ2n) is 5.03. The minimum absolute atomic E-state index is 0.0140. The van der Waals surface area contributed by atoms with E-state index in [1.54, 1.807) is 24.5 Å². The monoisotopic (exact) mass is 347 g/mol. The number of hydrogen-bond donors (Lipinski definition) is 1. The maximum atomic E-state index is 12.1. The van der Waals surface area contributed by atoms with Crippen LogP contribution in [0.5, 0.6) is 5.75 Å². The topological polar surface area (TPSA) is 75.9 Å². The Morgan fingerprint density at radius 1 is 1.17 bits per heavy atom. The van der Waals surface area contributed by atoms with Crippen LogP contribution in [0.2, 0.25) is 0 Å². The van der Waals surface area contributed by atoms with Gasteiger partial charge >= 0.3 is 6.61 Å². The van der Waals surface area contributed by atoms with Gasteiger partial charge in [-0.15, -0.1) is 0 Å². The highest BCUT2D eigenvalue weighted by Crippen LogP contribution is 2.23. The molecule has 2 rings (SSSR count). The molecule has 1 aliphatic rings. The number of nitrogens with two attached hydrogens (primary N) is 1. The van der Waals surface area contributed by atoms with Crippen LogP contribution in [0, 0.1) is 0 Å².